The number of para-hydroxylation sites is 1. The van der Waals surface area contributed by atoms with Crippen LogP contribution in [0.1, 0.15) is 12.5 Å². The highest BCUT2D eigenvalue weighted by atomic mass is 35.5. The van der Waals surface area contributed by atoms with Crippen molar-refractivity contribution < 1.29 is 14.9 Å². The van der Waals surface area contributed by atoms with Crippen LogP contribution in [0.25, 0.3) is 11.4 Å². The number of aromatic nitrogens is 3. The Balaban J connectivity index is 2.08. The first-order valence-electron chi connectivity index (χ1n) is 7.78. The molecule has 0 fully saturated rings. The van der Waals surface area contributed by atoms with Gasteiger partial charge in [0, 0.05) is 5.56 Å². The number of nitrogens with zero attached hydrogens (tertiary/aromatic N) is 3. The molecule has 0 bridgehead atoms. The van der Waals surface area contributed by atoms with E-state index in [1.54, 1.807) is 0 Å². The summed E-state index contributed by atoms with van der Waals surface area (Å²) in [7, 11) is 0. The molecule has 2 aromatic carbocycles. The van der Waals surface area contributed by atoms with Crippen LogP contribution in [0.15, 0.2) is 35.4 Å². The minimum absolute atomic E-state index is 0.0167. The van der Waals surface area contributed by atoms with Gasteiger partial charge in [0.05, 0.1) is 23.4 Å². The van der Waals surface area contributed by atoms with E-state index in [1.807, 2.05) is 31.2 Å². The van der Waals surface area contributed by atoms with Crippen LogP contribution in [0.3, 0.4) is 0 Å². The van der Waals surface area contributed by atoms with Crippen LogP contribution in [0.2, 0.25) is 10.0 Å². The molecular weight excluding hydrogens is 411 g/mol. The molecule has 0 aliphatic rings. The number of rotatable bonds is 5. The number of phenolic OH excluding ortho intramolecular Hbond substituents is 2. The van der Waals surface area contributed by atoms with Crippen LogP contribution < -0.4 is 4.74 Å². The maximum Gasteiger partial charge on any atom is 0.216 e. The molecule has 140 valence electrons. The third-order valence-corrected chi connectivity index (χ3v) is 4.50. The van der Waals surface area contributed by atoms with Crippen LogP contribution in [0, 0.1) is 4.77 Å². The second-order valence-electron chi connectivity index (χ2n) is 5.30. The number of benzene rings is 2. The number of halogens is 2. The van der Waals surface area contributed by atoms with Gasteiger partial charge in [-0.25, -0.2) is 5.10 Å². The highest BCUT2D eigenvalue weighted by Crippen LogP contribution is 2.40. The van der Waals surface area contributed by atoms with Crippen molar-refractivity contribution in [3.05, 3.63) is 50.7 Å². The summed E-state index contributed by atoms with van der Waals surface area (Å²) < 4.78 is 7.24. The van der Waals surface area contributed by atoms with Gasteiger partial charge in [0.25, 0.3) is 0 Å². The molecule has 0 saturated carbocycles. The molecule has 27 heavy (non-hydrogen) atoms. The number of aromatic amines is 1. The first-order valence-corrected chi connectivity index (χ1v) is 8.94. The first-order chi connectivity index (χ1) is 12.9. The lowest BCUT2D eigenvalue weighted by Crippen LogP contribution is -1.99. The summed E-state index contributed by atoms with van der Waals surface area (Å²) in [4.78, 5) is 0. The Hall–Kier alpha value is -2.55. The molecule has 0 aliphatic heterocycles. The standard InChI is InChI=1S/C17H14Cl2N4O3S/c1-2-26-12-6-4-3-5-10(12)16-21-22-17(27)23(16)20-8-9-7-11(18)15(25)13(19)14(9)24/h3-8,24-25H,2H2,1H3,(H,22,27)/b20-8-. The molecule has 3 N–H and O–H groups in total. The van der Waals surface area contributed by atoms with Gasteiger partial charge in [-0.1, -0.05) is 35.3 Å². The first kappa shape index (κ1) is 19.2. The van der Waals surface area contributed by atoms with Gasteiger partial charge in [0.15, 0.2) is 11.6 Å². The van der Waals surface area contributed by atoms with Crippen molar-refractivity contribution in [2.24, 2.45) is 5.10 Å². The summed E-state index contributed by atoms with van der Waals surface area (Å²) in [6.07, 6.45) is 1.31. The molecule has 0 radical (unpaired) electrons. The second-order valence-corrected chi connectivity index (χ2v) is 6.47. The number of phenols is 2. The Kier molecular flexibility index (Phi) is 5.69. The molecular formula is C17H14Cl2N4O3S. The van der Waals surface area contributed by atoms with Gasteiger partial charge < -0.3 is 14.9 Å². The van der Waals surface area contributed by atoms with E-state index >= 15 is 0 Å². The molecule has 1 aromatic heterocycles. The van der Waals surface area contributed by atoms with E-state index in [9.17, 15) is 10.2 Å². The average Bonchev–Trinajstić information content (AvgIpc) is 3.03. The van der Waals surface area contributed by atoms with Crippen LogP contribution in [0.4, 0.5) is 0 Å². The Bertz CT molecular complexity index is 1080. The molecule has 0 aliphatic carbocycles. The molecule has 0 atom stereocenters. The predicted molar refractivity (Wildman–Crippen MR) is 107 cm³/mol. The predicted octanol–water partition coefficient (Wildman–Crippen LogP) is 4.61. The Morgan fingerprint density at radius 2 is 2.04 bits per heavy atom. The van der Waals surface area contributed by atoms with Crippen molar-refractivity contribution in [2.45, 2.75) is 6.92 Å². The highest BCUT2D eigenvalue weighted by Gasteiger charge is 2.15. The zero-order chi connectivity index (χ0) is 19.6. The maximum absolute atomic E-state index is 10.1. The van der Waals surface area contributed by atoms with E-state index < -0.39 is 5.75 Å². The number of nitrogens with one attached hydrogen (secondary N) is 1. The molecule has 0 unspecified atom stereocenters. The molecule has 0 amide bonds. The smallest absolute Gasteiger partial charge is 0.216 e. The Morgan fingerprint density at radius 1 is 1.30 bits per heavy atom. The number of ether oxygens (including phenoxy) is 1. The molecule has 1 heterocycles. The maximum atomic E-state index is 10.1. The van der Waals surface area contributed by atoms with Crippen molar-refractivity contribution in [3.8, 4) is 28.6 Å². The van der Waals surface area contributed by atoms with Crippen molar-refractivity contribution in [3.63, 3.8) is 0 Å². The zero-order valence-corrected chi connectivity index (χ0v) is 16.3. The van der Waals surface area contributed by atoms with Crippen LogP contribution in [-0.2, 0) is 0 Å². The molecule has 3 aromatic rings. The molecule has 3 rings (SSSR count). The highest BCUT2D eigenvalue weighted by molar-refractivity contribution is 7.71. The summed E-state index contributed by atoms with van der Waals surface area (Å²) in [6.45, 7) is 2.37. The molecule has 0 saturated heterocycles. The van der Waals surface area contributed by atoms with E-state index in [0.29, 0.717) is 23.7 Å². The third kappa shape index (κ3) is 3.78. The SMILES string of the molecule is CCOc1ccccc1-c1n[nH]c(=S)n1/N=C\c1cc(Cl)c(O)c(Cl)c1O. The van der Waals surface area contributed by atoms with Crippen LogP contribution in [-0.4, -0.2) is 37.9 Å². The fourth-order valence-corrected chi connectivity index (χ4v) is 2.99. The lowest BCUT2D eigenvalue weighted by atomic mass is 10.2. The van der Waals surface area contributed by atoms with Gasteiger partial charge in [-0.05, 0) is 37.3 Å². The lowest BCUT2D eigenvalue weighted by molar-refractivity contribution is 0.341. The summed E-state index contributed by atoms with van der Waals surface area (Å²) in [5, 5.41) is 30.6. The quantitative estimate of drug-likeness (QED) is 0.410. The fraction of sp³-hybridized carbons (Fsp3) is 0.118. The minimum Gasteiger partial charge on any atom is -0.506 e. The lowest BCUT2D eigenvalue weighted by Gasteiger charge is -2.09. The van der Waals surface area contributed by atoms with Gasteiger partial charge in [-0.2, -0.15) is 14.9 Å². The third-order valence-electron chi connectivity index (χ3n) is 3.59. The monoisotopic (exact) mass is 424 g/mol. The van der Waals surface area contributed by atoms with Gasteiger partial charge in [-0.15, -0.1) is 0 Å². The summed E-state index contributed by atoms with van der Waals surface area (Å²) in [5.41, 5.74) is 0.893. The largest absolute Gasteiger partial charge is 0.506 e. The summed E-state index contributed by atoms with van der Waals surface area (Å²) in [6, 6.07) is 8.67. The van der Waals surface area contributed by atoms with Crippen molar-refractivity contribution >= 4 is 41.6 Å². The zero-order valence-electron chi connectivity index (χ0n) is 14.0. The molecule has 10 heteroatoms. The van der Waals surface area contributed by atoms with Gasteiger partial charge in [0.2, 0.25) is 4.77 Å². The van der Waals surface area contributed by atoms with E-state index in [0.717, 1.165) is 0 Å². The fourth-order valence-electron chi connectivity index (χ4n) is 2.34. The van der Waals surface area contributed by atoms with Crippen molar-refractivity contribution in [1.29, 1.82) is 0 Å². The molecule has 7 nitrogen and oxygen atoms in total. The summed E-state index contributed by atoms with van der Waals surface area (Å²) >= 11 is 17.0. The Labute approximate surface area is 169 Å². The topological polar surface area (TPSA) is 95.7 Å². The second kappa shape index (κ2) is 7.99. The van der Waals surface area contributed by atoms with Crippen molar-refractivity contribution in [2.75, 3.05) is 6.61 Å². The van der Waals surface area contributed by atoms with Gasteiger partial charge in [0.1, 0.15) is 16.5 Å². The van der Waals surface area contributed by atoms with E-state index in [1.165, 1.54) is 17.0 Å². The van der Waals surface area contributed by atoms with E-state index in [2.05, 4.69) is 15.3 Å². The van der Waals surface area contributed by atoms with Crippen LogP contribution in [0.5, 0.6) is 17.2 Å². The minimum atomic E-state index is -0.403. The number of hydrogen-bond donors (Lipinski definition) is 3. The number of aromatic hydroxyl groups is 2. The number of H-pyrrole nitrogens is 1. The van der Waals surface area contributed by atoms with E-state index in [-0.39, 0.29) is 26.1 Å². The molecule has 0 spiro atoms. The van der Waals surface area contributed by atoms with Crippen molar-refractivity contribution in [1.82, 2.24) is 14.9 Å². The summed E-state index contributed by atoms with van der Waals surface area (Å²) in [5.74, 6) is 0.299. The average molecular weight is 425 g/mol. The van der Waals surface area contributed by atoms with Crippen LogP contribution >= 0.6 is 35.4 Å². The van der Waals surface area contributed by atoms with Gasteiger partial charge >= 0.3 is 0 Å². The normalized spacial score (nSPS) is 11.2. The Morgan fingerprint density at radius 3 is 2.78 bits per heavy atom. The number of hydrogen-bond acceptors (Lipinski definition) is 6. The van der Waals surface area contributed by atoms with E-state index in [4.69, 9.17) is 40.2 Å². The van der Waals surface area contributed by atoms with Gasteiger partial charge in [-0.3, -0.25) is 0 Å².